The van der Waals surface area contributed by atoms with Crippen molar-refractivity contribution in [1.29, 1.82) is 0 Å². The lowest BCUT2D eigenvalue weighted by Crippen LogP contribution is -2.04. The average Bonchev–Trinajstić information content (AvgIpc) is 2.06. The summed E-state index contributed by atoms with van der Waals surface area (Å²) in [6.45, 7) is 0. The van der Waals surface area contributed by atoms with Crippen LogP contribution in [0.2, 0.25) is 0 Å². The van der Waals surface area contributed by atoms with Crippen molar-refractivity contribution in [3.63, 3.8) is 0 Å². The minimum absolute atomic E-state index is 0.230. The van der Waals surface area contributed by atoms with Crippen LogP contribution >= 0.6 is 27.7 Å². The third kappa shape index (κ3) is 5.02. The number of benzene rings is 1. The summed E-state index contributed by atoms with van der Waals surface area (Å²) in [6.07, 6.45) is 1.26. The number of rotatable bonds is 4. The first-order valence-electron chi connectivity index (χ1n) is 4.03. The van der Waals surface area contributed by atoms with Crippen molar-refractivity contribution in [3.05, 3.63) is 28.7 Å². The Kier molecular flexibility index (Phi) is 4.47. The molecule has 0 amide bonds. The van der Waals surface area contributed by atoms with E-state index in [0.717, 1.165) is 9.37 Å². The molecule has 2 nitrogen and oxygen atoms in total. The number of sulfone groups is 1. The highest BCUT2D eigenvalue weighted by molar-refractivity contribution is 9.10. The molecule has 0 N–H and O–H groups in total. The maximum Gasteiger partial charge on any atom is 0.148 e. The molecule has 0 aliphatic carbocycles. The van der Waals surface area contributed by atoms with Crippen LogP contribution < -0.4 is 0 Å². The Hall–Kier alpha value is -0.000000000000000111. The third-order valence-corrected chi connectivity index (χ3v) is 4.28. The molecule has 0 fully saturated rings. The van der Waals surface area contributed by atoms with E-state index in [1.165, 1.54) is 6.26 Å². The molecule has 0 aliphatic heterocycles. The van der Waals surface area contributed by atoms with Crippen LogP contribution in [0.25, 0.3) is 0 Å². The van der Waals surface area contributed by atoms with Crippen LogP contribution in [0.5, 0.6) is 0 Å². The molecule has 0 bridgehead atoms. The normalized spacial score (nSPS) is 11.6. The highest BCUT2D eigenvalue weighted by atomic mass is 79.9. The molecule has 14 heavy (non-hydrogen) atoms. The molecule has 0 radical (unpaired) electrons. The zero-order valence-corrected chi connectivity index (χ0v) is 11.0. The van der Waals surface area contributed by atoms with Crippen molar-refractivity contribution in [1.82, 2.24) is 0 Å². The highest BCUT2D eigenvalue weighted by Gasteiger charge is 2.02. The van der Waals surface area contributed by atoms with Crippen molar-refractivity contribution in [3.8, 4) is 0 Å². The molecule has 5 heteroatoms. The minimum atomic E-state index is -2.83. The van der Waals surface area contributed by atoms with E-state index in [0.29, 0.717) is 5.75 Å². The maximum absolute atomic E-state index is 10.9. The Morgan fingerprint density at radius 2 is 1.86 bits per heavy atom. The van der Waals surface area contributed by atoms with Gasteiger partial charge in [-0.15, -0.1) is 11.8 Å². The molecule has 0 spiro atoms. The molecule has 1 aromatic carbocycles. The van der Waals surface area contributed by atoms with E-state index in [2.05, 4.69) is 15.9 Å². The summed E-state index contributed by atoms with van der Waals surface area (Å²) in [5, 5.41) is 0. The minimum Gasteiger partial charge on any atom is -0.229 e. The predicted molar refractivity (Wildman–Crippen MR) is 64.6 cm³/mol. The van der Waals surface area contributed by atoms with Crippen molar-refractivity contribution in [2.75, 3.05) is 17.8 Å². The van der Waals surface area contributed by atoms with Gasteiger partial charge in [0.2, 0.25) is 0 Å². The molecule has 1 rings (SSSR count). The topological polar surface area (TPSA) is 34.1 Å². The van der Waals surface area contributed by atoms with E-state index in [4.69, 9.17) is 0 Å². The van der Waals surface area contributed by atoms with Crippen molar-refractivity contribution < 1.29 is 8.42 Å². The summed E-state index contributed by atoms with van der Waals surface area (Å²) in [5.74, 6) is 0.841. The van der Waals surface area contributed by atoms with E-state index < -0.39 is 9.84 Å². The fourth-order valence-electron chi connectivity index (χ4n) is 0.842. The van der Waals surface area contributed by atoms with Gasteiger partial charge in [0.25, 0.3) is 0 Å². The van der Waals surface area contributed by atoms with Gasteiger partial charge in [0, 0.05) is 21.4 Å². The van der Waals surface area contributed by atoms with Crippen LogP contribution in [0.15, 0.2) is 33.6 Å². The Morgan fingerprint density at radius 3 is 2.36 bits per heavy atom. The monoisotopic (exact) mass is 294 g/mol. The summed E-state index contributed by atoms with van der Waals surface area (Å²) in [5.41, 5.74) is 0. The Morgan fingerprint density at radius 1 is 1.29 bits per heavy atom. The number of hydrogen-bond donors (Lipinski definition) is 0. The molecule has 0 heterocycles. The second-order valence-electron chi connectivity index (χ2n) is 2.93. The first-order valence-corrected chi connectivity index (χ1v) is 7.87. The quantitative estimate of drug-likeness (QED) is 0.801. The van der Waals surface area contributed by atoms with Crippen LogP contribution in [-0.4, -0.2) is 26.2 Å². The van der Waals surface area contributed by atoms with Crippen molar-refractivity contribution in [2.45, 2.75) is 4.90 Å². The lowest BCUT2D eigenvalue weighted by molar-refractivity contribution is 0.603. The fourth-order valence-corrected chi connectivity index (χ4v) is 3.21. The van der Waals surface area contributed by atoms with E-state index in [1.54, 1.807) is 11.8 Å². The first-order chi connectivity index (χ1) is 6.47. The zero-order chi connectivity index (χ0) is 10.6. The van der Waals surface area contributed by atoms with Gasteiger partial charge in [0.1, 0.15) is 9.84 Å². The van der Waals surface area contributed by atoms with E-state index in [1.807, 2.05) is 24.3 Å². The molecule has 1 aromatic rings. The average molecular weight is 295 g/mol. The molecule has 0 unspecified atom stereocenters. The van der Waals surface area contributed by atoms with Crippen LogP contribution in [0.4, 0.5) is 0 Å². The first kappa shape index (κ1) is 12.1. The van der Waals surface area contributed by atoms with Crippen LogP contribution in [0, 0.1) is 0 Å². The summed E-state index contributed by atoms with van der Waals surface area (Å²) < 4.78 is 22.7. The van der Waals surface area contributed by atoms with Gasteiger partial charge in [0.05, 0.1) is 5.75 Å². The smallest absolute Gasteiger partial charge is 0.148 e. The van der Waals surface area contributed by atoms with Gasteiger partial charge in [-0.25, -0.2) is 8.42 Å². The van der Waals surface area contributed by atoms with E-state index in [9.17, 15) is 8.42 Å². The molecule has 0 saturated heterocycles. The predicted octanol–water partition coefficient (Wildman–Crippen LogP) is 2.59. The van der Waals surface area contributed by atoms with E-state index >= 15 is 0 Å². The lowest BCUT2D eigenvalue weighted by Gasteiger charge is -2.00. The highest BCUT2D eigenvalue weighted by Crippen LogP contribution is 2.20. The summed E-state index contributed by atoms with van der Waals surface area (Å²) in [6, 6.07) is 7.83. The van der Waals surface area contributed by atoms with Gasteiger partial charge in [-0.05, 0) is 24.3 Å². The molecular weight excluding hydrogens is 284 g/mol. The van der Waals surface area contributed by atoms with Gasteiger partial charge in [0.15, 0.2) is 0 Å². The number of thioether (sulfide) groups is 1. The largest absolute Gasteiger partial charge is 0.229 e. The van der Waals surface area contributed by atoms with Crippen LogP contribution in [0.1, 0.15) is 0 Å². The summed E-state index contributed by atoms with van der Waals surface area (Å²) in [4.78, 5) is 1.09. The fraction of sp³-hybridized carbons (Fsp3) is 0.333. The molecular formula is C9H11BrO2S2. The van der Waals surface area contributed by atoms with Crippen LogP contribution in [-0.2, 0) is 9.84 Å². The Labute approximate surface area is 97.1 Å². The summed E-state index contributed by atoms with van der Waals surface area (Å²) in [7, 11) is -2.83. The molecule has 0 aromatic heterocycles. The Bertz CT molecular complexity index is 384. The van der Waals surface area contributed by atoms with Gasteiger partial charge in [-0.3, -0.25) is 0 Å². The maximum atomic E-state index is 10.9. The third-order valence-electron chi connectivity index (χ3n) is 1.54. The molecule has 0 saturated carbocycles. The molecule has 0 atom stereocenters. The van der Waals surface area contributed by atoms with Crippen molar-refractivity contribution >= 4 is 37.5 Å². The standard InChI is InChI=1S/C9H11BrO2S2/c1-14(11,12)7-6-13-9-4-2-8(10)3-5-9/h2-5H,6-7H2,1H3. The SMILES string of the molecule is CS(=O)(=O)CCSc1ccc(Br)cc1. The molecule has 0 aliphatic rings. The second-order valence-corrected chi connectivity index (χ2v) is 7.28. The summed E-state index contributed by atoms with van der Waals surface area (Å²) >= 11 is 4.90. The Balaban J connectivity index is 2.43. The number of halogens is 1. The van der Waals surface area contributed by atoms with Gasteiger partial charge in [-0.2, -0.15) is 0 Å². The zero-order valence-electron chi connectivity index (χ0n) is 7.73. The van der Waals surface area contributed by atoms with Gasteiger partial charge >= 0.3 is 0 Å². The van der Waals surface area contributed by atoms with Gasteiger partial charge in [-0.1, -0.05) is 15.9 Å². The lowest BCUT2D eigenvalue weighted by atomic mass is 10.4. The number of hydrogen-bond acceptors (Lipinski definition) is 3. The van der Waals surface area contributed by atoms with Crippen molar-refractivity contribution in [2.24, 2.45) is 0 Å². The van der Waals surface area contributed by atoms with E-state index in [-0.39, 0.29) is 5.75 Å². The van der Waals surface area contributed by atoms with Gasteiger partial charge < -0.3 is 0 Å². The van der Waals surface area contributed by atoms with Crippen LogP contribution in [0.3, 0.4) is 0 Å². The second kappa shape index (κ2) is 5.19. The molecule has 78 valence electrons.